The number of hydrogen-bond acceptors (Lipinski definition) is 6. The Morgan fingerprint density at radius 1 is 1.20 bits per heavy atom. The van der Waals surface area contributed by atoms with Crippen LogP contribution < -0.4 is 9.80 Å². The van der Waals surface area contributed by atoms with Gasteiger partial charge in [0.15, 0.2) is 0 Å². The van der Waals surface area contributed by atoms with Crippen LogP contribution in [0.4, 0.5) is 11.6 Å². The van der Waals surface area contributed by atoms with E-state index in [1.165, 1.54) is 5.56 Å². The number of aromatic nitrogens is 2. The highest BCUT2D eigenvalue weighted by molar-refractivity contribution is 5.49. The van der Waals surface area contributed by atoms with Crippen LogP contribution in [0.5, 0.6) is 0 Å². The van der Waals surface area contributed by atoms with Crippen LogP contribution >= 0.6 is 0 Å². The van der Waals surface area contributed by atoms with E-state index in [1.807, 2.05) is 43.3 Å². The molecule has 1 aliphatic rings. The van der Waals surface area contributed by atoms with E-state index >= 15 is 0 Å². The lowest BCUT2D eigenvalue weighted by atomic mass is 10.1. The van der Waals surface area contributed by atoms with Gasteiger partial charge in [-0.3, -0.25) is 4.90 Å². The Bertz CT molecular complexity index is 767. The summed E-state index contributed by atoms with van der Waals surface area (Å²) in [7, 11) is 6.07. The lowest BCUT2D eigenvalue weighted by molar-refractivity contribution is 0.326. The Balaban J connectivity index is 1.64. The van der Waals surface area contributed by atoms with Crippen molar-refractivity contribution < 1.29 is 0 Å². The standard InChI is InChI=1S/C19H24N6/c1-23(2)18-10-19(22-14-21-18)24(3)17-7-8-25(13-17)12-16-6-4-5-15(9-16)11-20/h4-6,9-10,14,17H,7-8,12-13H2,1-3H3. The number of anilines is 2. The highest BCUT2D eigenvalue weighted by Crippen LogP contribution is 2.23. The van der Waals surface area contributed by atoms with E-state index in [0.717, 1.165) is 43.3 Å². The highest BCUT2D eigenvalue weighted by Gasteiger charge is 2.26. The van der Waals surface area contributed by atoms with Gasteiger partial charge in [-0.05, 0) is 24.1 Å². The van der Waals surface area contributed by atoms with E-state index in [0.29, 0.717) is 6.04 Å². The minimum absolute atomic E-state index is 0.434. The molecule has 0 radical (unpaired) electrons. The van der Waals surface area contributed by atoms with Gasteiger partial charge in [0.2, 0.25) is 0 Å². The summed E-state index contributed by atoms with van der Waals surface area (Å²) in [6, 6.07) is 12.5. The third-order valence-electron chi connectivity index (χ3n) is 4.72. The molecular weight excluding hydrogens is 312 g/mol. The van der Waals surface area contributed by atoms with Crippen molar-refractivity contribution in [2.75, 3.05) is 44.0 Å². The summed E-state index contributed by atoms with van der Waals surface area (Å²) in [5, 5.41) is 9.04. The summed E-state index contributed by atoms with van der Waals surface area (Å²) in [5.74, 6) is 1.87. The molecule has 1 aliphatic heterocycles. The van der Waals surface area contributed by atoms with Crippen molar-refractivity contribution in [3.63, 3.8) is 0 Å². The normalized spacial score (nSPS) is 17.3. The fourth-order valence-corrected chi connectivity index (χ4v) is 3.23. The molecule has 3 rings (SSSR count). The second-order valence-electron chi connectivity index (χ2n) is 6.73. The van der Waals surface area contributed by atoms with Gasteiger partial charge in [0.25, 0.3) is 0 Å². The SMILES string of the molecule is CN(C)c1cc(N(C)C2CCN(Cc3cccc(C#N)c3)C2)ncn1. The number of nitrogens with zero attached hydrogens (tertiary/aromatic N) is 6. The molecule has 1 atom stereocenters. The zero-order valence-electron chi connectivity index (χ0n) is 15.1. The predicted octanol–water partition coefficient (Wildman–Crippen LogP) is 2.12. The molecule has 0 N–H and O–H groups in total. The van der Waals surface area contributed by atoms with Crippen molar-refractivity contribution in [1.29, 1.82) is 5.26 Å². The van der Waals surface area contributed by atoms with Crippen molar-refractivity contribution in [3.05, 3.63) is 47.8 Å². The van der Waals surface area contributed by atoms with Gasteiger partial charge < -0.3 is 9.80 Å². The van der Waals surface area contributed by atoms with E-state index in [9.17, 15) is 0 Å². The topological polar surface area (TPSA) is 59.3 Å². The number of rotatable bonds is 5. The summed E-state index contributed by atoms with van der Waals surface area (Å²) in [4.78, 5) is 15.4. The summed E-state index contributed by atoms with van der Waals surface area (Å²) in [5.41, 5.74) is 1.92. The van der Waals surface area contributed by atoms with Crippen LogP contribution in [-0.4, -0.2) is 55.1 Å². The molecule has 6 nitrogen and oxygen atoms in total. The summed E-state index contributed by atoms with van der Waals surface area (Å²) < 4.78 is 0. The number of likely N-dealkylation sites (N-methyl/N-ethyl adjacent to an activating group) is 1. The van der Waals surface area contributed by atoms with Gasteiger partial charge in [-0.1, -0.05) is 12.1 Å². The molecule has 1 aromatic heterocycles. The average molecular weight is 336 g/mol. The first kappa shape index (κ1) is 17.2. The number of likely N-dealkylation sites (tertiary alicyclic amines) is 1. The van der Waals surface area contributed by atoms with Crippen molar-refractivity contribution in [2.24, 2.45) is 0 Å². The van der Waals surface area contributed by atoms with Crippen LogP contribution in [0.15, 0.2) is 36.7 Å². The van der Waals surface area contributed by atoms with Gasteiger partial charge in [-0.2, -0.15) is 5.26 Å². The van der Waals surface area contributed by atoms with Crippen molar-refractivity contribution >= 4 is 11.6 Å². The predicted molar refractivity (Wildman–Crippen MR) is 99.6 cm³/mol. The largest absolute Gasteiger partial charge is 0.363 e. The van der Waals surface area contributed by atoms with E-state index < -0.39 is 0 Å². The Kier molecular flexibility index (Phi) is 5.15. The third kappa shape index (κ3) is 4.06. The molecule has 0 aliphatic carbocycles. The second kappa shape index (κ2) is 7.49. The second-order valence-corrected chi connectivity index (χ2v) is 6.73. The summed E-state index contributed by atoms with van der Waals surface area (Å²) in [6.45, 7) is 2.93. The van der Waals surface area contributed by atoms with E-state index in [1.54, 1.807) is 6.33 Å². The lowest BCUT2D eigenvalue weighted by Crippen LogP contribution is -2.35. The average Bonchev–Trinajstić information content (AvgIpc) is 3.09. The molecule has 1 aromatic carbocycles. The molecule has 0 amide bonds. The zero-order valence-corrected chi connectivity index (χ0v) is 15.1. The Labute approximate surface area is 149 Å². The molecule has 25 heavy (non-hydrogen) atoms. The fourth-order valence-electron chi connectivity index (χ4n) is 3.23. The molecule has 1 unspecified atom stereocenters. The monoisotopic (exact) mass is 336 g/mol. The Morgan fingerprint density at radius 2 is 2.00 bits per heavy atom. The number of hydrogen-bond donors (Lipinski definition) is 0. The Hall–Kier alpha value is -2.65. The first-order chi connectivity index (χ1) is 12.1. The van der Waals surface area contributed by atoms with Crippen LogP contribution in [0.25, 0.3) is 0 Å². The van der Waals surface area contributed by atoms with Crippen LogP contribution in [-0.2, 0) is 6.54 Å². The smallest absolute Gasteiger partial charge is 0.134 e. The molecule has 6 heteroatoms. The Morgan fingerprint density at radius 3 is 2.76 bits per heavy atom. The van der Waals surface area contributed by atoms with Gasteiger partial charge in [0.05, 0.1) is 11.6 Å². The fraction of sp³-hybridized carbons (Fsp3) is 0.421. The van der Waals surface area contributed by atoms with Crippen molar-refractivity contribution in [3.8, 4) is 6.07 Å². The molecule has 0 bridgehead atoms. The molecule has 130 valence electrons. The zero-order chi connectivity index (χ0) is 17.8. The van der Waals surface area contributed by atoms with Crippen LogP contribution in [0, 0.1) is 11.3 Å². The highest BCUT2D eigenvalue weighted by atomic mass is 15.3. The molecule has 0 saturated carbocycles. The molecule has 1 fully saturated rings. The maximum atomic E-state index is 9.04. The lowest BCUT2D eigenvalue weighted by Gasteiger charge is -2.26. The molecule has 0 spiro atoms. The van der Waals surface area contributed by atoms with E-state index in [4.69, 9.17) is 5.26 Å². The third-order valence-corrected chi connectivity index (χ3v) is 4.72. The molecule has 2 aromatic rings. The quantitative estimate of drug-likeness (QED) is 0.834. The molecule has 1 saturated heterocycles. The summed E-state index contributed by atoms with van der Waals surface area (Å²) >= 11 is 0. The first-order valence-corrected chi connectivity index (χ1v) is 8.50. The maximum Gasteiger partial charge on any atom is 0.134 e. The van der Waals surface area contributed by atoms with Gasteiger partial charge in [0.1, 0.15) is 18.0 Å². The number of nitriles is 1. The van der Waals surface area contributed by atoms with Crippen LogP contribution in [0.2, 0.25) is 0 Å². The van der Waals surface area contributed by atoms with Crippen LogP contribution in [0.1, 0.15) is 17.5 Å². The maximum absolute atomic E-state index is 9.04. The van der Waals surface area contributed by atoms with Gasteiger partial charge in [0, 0.05) is 52.9 Å². The molecule has 2 heterocycles. The van der Waals surface area contributed by atoms with Crippen molar-refractivity contribution in [2.45, 2.75) is 19.0 Å². The summed E-state index contributed by atoms with van der Waals surface area (Å²) in [6.07, 6.45) is 2.73. The van der Waals surface area contributed by atoms with E-state index in [2.05, 4.69) is 39.0 Å². The van der Waals surface area contributed by atoms with Crippen molar-refractivity contribution in [1.82, 2.24) is 14.9 Å². The van der Waals surface area contributed by atoms with Gasteiger partial charge in [-0.25, -0.2) is 9.97 Å². The minimum Gasteiger partial charge on any atom is -0.363 e. The van der Waals surface area contributed by atoms with Crippen LogP contribution in [0.3, 0.4) is 0 Å². The first-order valence-electron chi connectivity index (χ1n) is 8.50. The molecular formula is C19H24N6. The van der Waals surface area contributed by atoms with E-state index in [-0.39, 0.29) is 0 Å². The number of benzene rings is 1. The minimum atomic E-state index is 0.434. The van der Waals surface area contributed by atoms with Gasteiger partial charge in [-0.15, -0.1) is 0 Å². The van der Waals surface area contributed by atoms with Gasteiger partial charge >= 0.3 is 0 Å².